The van der Waals surface area contributed by atoms with E-state index >= 15 is 0 Å². The van der Waals surface area contributed by atoms with Gasteiger partial charge in [-0.15, -0.1) is 11.3 Å². The Kier molecular flexibility index (Phi) is 5.45. The molecule has 0 spiro atoms. The molecule has 1 aromatic heterocycles. The molecule has 0 bridgehead atoms. The van der Waals surface area contributed by atoms with Crippen LogP contribution in [0.25, 0.3) is 0 Å². The zero-order valence-electron chi connectivity index (χ0n) is 10.2. The third-order valence-corrected chi connectivity index (χ3v) is 4.35. The van der Waals surface area contributed by atoms with Gasteiger partial charge in [0.05, 0.1) is 6.10 Å². The van der Waals surface area contributed by atoms with Crippen LogP contribution in [0.5, 0.6) is 0 Å². The molecule has 2 heterocycles. The van der Waals surface area contributed by atoms with Crippen LogP contribution in [-0.4, -0.2) is 18.8 Å². The molecule has 1 aliphatic rings. The third kappa shape index (κ3) is 4.39. The fraction of sp³-hybridized carbons (Fsp3) is 0.692. The summed E-state index contributed by atoms with van der Waals surface area (Å²) in [6.45, 7) is 0.945. The lowest BCUT2D eigenvalue weighted by Crippen LogP contribution is -2.36. The van der Waals surface area contributed by atoms with Crippen LogP contribution in [0.3, 0.4) is 0 Å². The van der Waals surface area contributed by atoms with Crippen molar-refractivity contribution in [3.05, 3.63) is 22.4 Å². The van der Waals surface area contributed by atoms with Crippen molar-refractivity contribution < 1.29 is 4.74 Å². The first-order chi connectivity index (χ1) is 8.38. The van der Waals surface area contributed by atoms with Crippen LogP contribution in [-0.2, 0) is 11.2 Å². The third-order valence-electron chi connectivity index (χ3n) is 3.42. The minimum Gasteiger partial charge on any atom is -0.378 e. The van der Waals surface area contributed by atoms with Gasteiger partial charge >= 0.3 is 0 Å². The minimum atomic E-state index is 0.418. The SMILES string of the molecule is NNC(CCc1cccs1)CCC1CCCO1. The molecule has 2 unspecified atom stereocenters. The summed E-state index contributed by atoms with van der Waals surface area (Å²) in [5.41, 5.74) is 2.94. The molecule has 3 N–H and O–H groups in total. The number of rotatable bonds is 7. The van der Waals surface area contributed by atoms with Crippen molar-refractivity contribution >= 4 is 11.3 Å². The van der Waals surface area contributed by atoms with E-state index in [4.69, 9.17) is 10.6 Å². The van der Waals surface area contributed by atoms with Crippen molar-refractivity contribution in [3.63, 3.8) is 0 Å². The van der Waals surface area contributed by atoms with Gasteiger partial charge in [0.1, 0.15) is 0 Å². The van der Waals surface area contributed by atoms with Gasteiger partial charge in [0, 0.05) is 17.5 Å². The molecule has 17 heavy (non-hydrogen) atoms. The molecule has 0 saturated carbocycles. The summed E-state index contributed by atoms with van der Waals surface area (Å²) >= 11 is 1.83. The van der Waals surface area contributed by atoms with Gasteiger partial charge in [-0.1, -0.05) is 6.07 Å². The molecule has 1 fully saturated rings. The second-order valence-electron chi connectivity index (χ2n) is 4.69. The Hall–Kier alpha value is -0.420. The van der Waals surface area contributed by atoms with Crippen molar-refractivity contribution in [2.45, 2.75) is 50.7 Å². The Balaban J connectivity index is 1.65. The molecular formula is C13H22N2OS. The maximum absolute atomic E-state index is 5.63. The number of nitrogens with one attached hydrogen (secondary N) is 1. The van der Waals surface area contributed by atoms with E-state index in [0.717, 1.165) is 32.3 Å². The molecule has 0 aliphatic carbocycles. The van der Waals surface area contributed by atoms with E-state index < -0.39 is 0 Å². The summed E-state index contributed by atoms with van der Waals surface area (Å²) in [6.07, 6.45) is 7.42. The topological polar surface area (TPSA) is 47.3 Å². The van der Waals surface area contributed by atoms with E-state index in [1.807, 2.05) is 11.3 Å². The van der Waals surface area contributed by atoms with Crippen molar-refractivity contribution in [1.29, 1.82) is 0 Å². The second-order valence-corrected chi connectivity index (χ2v) is 5.73. The zero-order chi connectivity index (χ0) is 11.9. The highest BCUT2D eigenvalue weighted by atomic mass is 32.1. The minimum absolute atomic E-state index is 0.418. The van der Waals surface area contributed by atoms with E-state index in [2.05, 4.69) is 22.9 Å². The summed E-state index contributed by atoms with van der Waals surface area (Å²) < 4.78 is 5.63. The van der Waals surface area contributed by atoms with Gasteiger partial charge in [0.25, 0.3) is 0 Å². The Morgan fingerprint density at radius 2 is 2.47 bits per heavy atom. The highest BCUT2D eigenvalue weighted by Gasteiger charge is 2.17. The predicted molar refractivity (Wildman–Crippen MR) is 72.0 cm³/mol. The lowest BCUT2D eigenvalue weighted by molar-refractivity contribution is 0.0993. The monoisotopic (exact) mass is 254 g/mol. The number of ether oxygens (including phenoxy) is 1. The van der Waals surface area contributed by atoms with Crippen LogP contribution in [0.15, 0.2) is 17.5 Å². The van der Waals surface area contributed by atoms with Gasteiger partial charge in [-0.3, -0.25) is 11.3 Å². The highest BCUT2D eigenvalue weighted by molar-refractivity contribution is 7.09. The van der Waals surface area contributed by atoms with Crippen LogP contribution in [0.2, 0.25) is 0 Å². The smallest absolute Gasteiger partial charge is 0.0576 e. The van der Waals surface area contributed by atoms with Crippen molar-refractivity contribution in [1.82, 2.24) is 5.43 Å². The molecule has 0 amide bonds. The van der Waals surface area contributed by atoms with E-state index in [-0.39, 0.29) is 0 Å². The summed E-state index contributed by atoms with van der Waals surface area (Å²) in [5.74, 6) is 5.61. The summed E-state index contributed by atoms with van der Waals surface area (Å²) in [5, 5.41) is 2.13. The number of hydrogen-bond acceptors (Lipinski definition) is 4. The Labute approximate surface area is 107 Å². The molecule has 0 radical (unpaired) electrons. The molecule has 1 saturated heterocycles. The van der Waals surface area contributed by atoms with Crippen LogP contribution in [0, 0.1) is 0 Å². The first kappa shape index (κ1) is 13.0. The van der Waals surface area contributed by atoms with E-state index in [1.165, 1.54) is 17.7 Å². The van der Waals surface area contributed by atoms with Gasteiger partial charge in [-0.2, -0.15) is 0 Å². The Morgan fingerprint density at radius 1 is 1.53 bits per heavy atom. The van der Waals surface area contributed by atoms with Gasteiger partial charge < -0.3 is 4.74 Å². The van der Waals surface area contributed by atoms with Crippen LogP contribution in [0.1, 0.15) is 37.0 Å². The number of hydrogen-bond donors (Lipinski definition) is 2. The van der Waals surface area contributed by atoms with Crippen molar-refractivity contribution in [2.75, 3.05) is 6.61 Å². The molecule has 1 aliphatic heterocycles. The predicted octanol–water partition coefficient (Wildman–Crippen LogP) is 2.47. The fourth-order valence-electron chi connectivity index (χ4n) is 2.34. The number of nitrogens with two attached hydrogens (primary N) is 1. The van der Waals surface area contributed by atoms with Crippen LogP contribution in [0.4, 0.5) is 0 Å². The molecule has 2 rings (SSSR count). The maximum atomic E-state index is 5.63. The zero-order valence-corrected chi connectivity index (χ0v) is 11.0. The van der Waals surface area contributed by atoms with E-state index in [1.54, 1.807) is 0 Å². The number of aryl methyl sites for hydroxylation is 1. The van der Waals surface area contributed by atoms with Gasteiger partial charge in [-0.05, 0) is 50.0 Å². The number of hydrazine groups is 1. The molecule has 4 heteroatoms. The summed E-state index contributed by atoms with van der Waals surface area (Å²) in [6, 6.07) is 4.72. The number of thiophene rings is 1. The summed E-state index contributed by atoms with van der Waals surface area (Å²) in [7, 11) is 0. The van der Waals surface area contributed by atoms with Gasteiger partial charge in [0.2, 0.25) is 0 Å². The first-order valence-corrected chi connectivity index (χ1v) is 7.36. The normalized spacial score (nSPS) is 21.8. The van der Waals surface area contributed by atoms with Gasteiger partial charge in [-0.25, -0.2) is 0 Å². The molecule has 96 valence electrons. The lowest BCUT2D eigenvalue weighted by atomic mass is 10.0. The van der Waals surface area contributed by atoms with Crippen LogP contribution < -0.4 is 11.3 Å². The lowest BCUT2D eigenvalue weighted by Gasteiger charge is -2.17. The molecule has 3 nitrogen and oxygen atoms in total. The van der Waals surface area contributed by atoms with Crippen LogP contribution >= 0.6 is 11.3 Å². The van der Waals surface area contributed by atoms with E-state index in [9.17, 15) is 0 Å². The first-order valence-electron chi connectivity index (χ1n) is 6.48. The Bertz CT molecular complexity index is 296. The fourth-order valence-corrected chi connectivity index (χ4v) is 3.07. The second kappa shape index (κ2) is 7.11. The molecule has 0 aromatic carbocycles. The Morgan fingerprint density at radius 3 is 3.12 bits per heavy atom. The molecule has 1 aromatic rings. The molecular weight excluding hydrogens is 232 g/mol. The van der Waals surface area contributed by atoms with Crippen molar-refractivity contribution in [3.8, 4) is 0 Å². The summed E-state index contributed by atoms with van der Waals surface area (Å²) in [4.78, 5) is 1.45. The van der Waals surface area contributed by atoms with Gasteiger partial charge in [0.15, 0.2) is 0 Å². The quantitative estimate of drug-likeness (QED) is 0.580. The largest absolute Gasteiger partial charge is 0.378 e. The van der Waals surface area contributed by atoms with E-state index in [0.29, 0.717) is 12.1 Å². The highest BCUT2D eigenvalue weighted by Crippen LogP contribution is 2.19. The average molecular weight is 254 g/mol. The van der Waals surface area contributed by atoms with Crippen molar-refractivity contribution in [2.24, 2.45) is 5.84 Å². The molecule has 2 atom stereocenters. The average Bonchev–Trinajstić information content (AvgIpc) is 3.02. The standard InChI is InChI=1S/C13H22N2OS/c14-15-11(5-7-12-3-1-9-16-12)6-8-13-4-2-10-17-13/h2,4,10-12,15H,1,3,5-9,14H2. The maximum Gasteiger partial charge on any atom is 0.0576 e.